The first-order chi connectivity index (χ1) is 10.7. The van der Waals surface area contributed by atoms with Crippen LogP contribution in [0.15, 0.2) is 29.3 Å². The van der Waals surface area contributed by atoms with Gasteiger partial charge in [-0.3, -0.25) is 9.79 Å². The van der Waals surface area contributed by atoms with Crippen molar-refractivity contribution in [1.29, 1.82) is 0 Å². The van der Waals surface area contributed by atoms with Gasteiger partial charge < -0.3 is 21.1 Å². The van der Waals surface area contributed by atoms with Crippen LogP contribution in [0.25, 0.3) is 0 Å². The predicted molar refractivity (Wildman–Crippen MR) is 87.2 cm³/mol. The van der Waals surface area contributed by atoms with E-state index in [1.165, 1.54) is 18.9 Å². The van der Waals surface area contributed by atoms with Gasteiger partial charge >= 0.3 is 0 Å². The fraction of sp³-hybridized carbons (Fsp3) is 0.500. The second kappa shape index (κ2) is 8.26. The molecule has 0 atom stereocenters. The van der Waals surface area contributed by atoms with E-state index in [1.54, 1.807) is 18.2 Å². The van der Waals surface area contributed by atoms with Crippen molar-refractivity contribution in [2.24, 2.45) is 4.99 Å². The van der Waals surface area contributed by atoms with Gasteiger partial charge in [0.05, 0.1) is 0 Å². The van der Waals surface area contributed by atoms with E-state index >= 15 is 0 Å². The van der Waals surface area contributed by atoms with E-state index in [-0.39, 0.29) is 11.7 Å². The number of hydrogen-bond donors (Lipinski definition) is 4. The minimum absolute atomic E-state index is 0.0960. The Morgan fingerprint density at radius 1 is 1.36 bits per heavy atom. The summed E-state index contributed by atoms with van der Waals surface area (Å²) in [6.07, 6.45) is 3.20. The van der Waals surface area contributed by atoms with Crippen molar-refractivity contribution in [3.63, 3.8) is 0 Å². The summed E-state index contributed by atoms with van der Waals surface area (Å²) in [5.74, 6) is 0.769. The molecule has 2 rings (SSSR count). The Kier molecular flexibility index (Phi) is 6.06. The summed E-state index contributed by atoms with van der Waals surface area (Å²) in [5, 5.41) is 18.7. The van der Waals surface area contributed by atoms with Gasteiger partial charge in [-0.1, -0.05) is 6.07 Å². The van der Waals surface area contributed by atoms with Crippen molar-refractivity contribution >= 4 is 11.9 Å². The number of carbonyl (C=O) groups excluding carboxylic acids is 1. The highest BCUT2D eigenvalue weighted by atomic mass is 16.3. The summed E-state index contributed by atoms with van der Waals surface area (Å²) < 4.78 is 0. The number of guanidine groups is 1. The Morgan fingerprint density at radius 2 is 2.18 bits per heavy atom. The van der Waals surface area contributed by atoms with Gasteiger partial charge in [-0.15, -0.1) is 0 Å². The Morgan fingerprint density at radius 3 is 2.86 bits per heavy atom. The molecular formula is C16H24N4O2. The number of hydrogen-bond acceptors (Lipinski definition) is 3. The highest BCUT2D eigenvalue weighted by Crippen LogP contribution is 2.18. The molecule has 0 aromatic heterocycles. The van der Waals surface area contributed by atoms with Crippen LogP contribution in [-0.4, -0.2) is 42.6 Å². The third-order valence-corrected chi connectivity index (χ3v) is 3.26. The standard InChI is InChI=1S/C16H24N4O2/c1-2-17-16(20-13-7-8-13)19-10-4-9-18-15(22)12-5-3-6-14(21)11-12/h3,5-6,11,13,21H,2,4,7-10H2,1H3,(H,18,22)(H2,17,19,20). The molecule has 1 aliphatic rings. The number of aliphatic imine (C=N–C) groups is 1. The van der Waals surface area contributed by atoms with Crippen molar-refractivity contribution in [2.45, 2.75) is 32.2 Å². The van der Waals surface area contributed by atoms with E-state index in [1.807, 2.05) is 6.92 Å². The van der Waals surface area contributed by atoms with Crippen LogP contribution >= 0.6 is 0 Å². The normalized spacial score (nSPS) is 14.5. The Hall–Kier alpha value is -2.24. The summed E-state index contributed by atoms with van der Waals surface area (Å²) in [7, 11) is 0. The minimum atomic E-state index is -0.178. The lowest BCUT2D eigenvalue weighted by Gasteiger charge is -2.10. The molecule has 1 amide bonds. The number of rotatable bonds is 7. The second-order valence-electron chi connectivity index (χ2n) is 5.34. The van der Waals surface area contributed by atoms with E-state index in [2.05, 4.69) is 20.9 Å². The summed E-state index contributed by atoms with van der Waals surface area (Å²) in [4.78, 5) is 16.3. The van der Waals surface area contributed by atoms with Gasteiger partial charge in [0.15, 0.2) is 5.96 Å². The predicted octanol–water partition coefficient (Wildman–Crippen LogP) is 1.23. The smallest absolute Gasteiger partial charge is 0.251 e. The summed E-state index contributed by atoms with van der Waals surface area (Å²) in [6, 6.07) is 6.90. The molecule has 1 aliphatic carbocycles. The minimum Gasteiger partial charge on any atom is -0.508 e. The zero-order chi connectivity index (χ0) is 15.8. The zero-order valence-electron chi connectivity index (χ0n) is 12.9. The third-order valence-electron chi connectivity index (χ3n) is 3.26. The van der Waals surface area contributed by atoms with Crippen molar-refractivity contribution in [2.75, 3.05) is 19.6 Å². The van der Waals surface area contributed by atoms with E-state index < -0.39 is 0 Å². The van der Waals surface area contributed by atoms with Crippen LogP contribution in [0.1, 0.15) is 36.5 Å². The molecule has 120 valence electrons. The molecule has 1 aromatic rings. The molecule has 1 fully saturated rings. The van der Waals surface area contributed by atoms with Gasteiger partial charge in [-0.25, -0.2) is 0 Å². The first kappa shape index (κ1) is 16.1. The maximum Gasteiger partial charge on any atom is 0.251 e. The number of benzene rings is 1. The third kappa shape index (κ3) is 5.63. The molecular weight excluding hydrogens is 280 g/mol. The number of amides is 1. The molecule has 0 bridgehead atoms. The van der Waals surface area contributed by atoms with Crippen molar-refractivity contribution in [3.8, 4) is 5.75 Å². The molecule has 0 unspecified atom stereocenters. The van der Waals surface area contributed by atoms with Crippen LogP contribution in [0, 0.1) is 0 Å². The molecule has 1 saturated carbocycles. The van der Waals surface area contributed by atoms with Crippen LogP contribution < -0.4 is 16.0 Å². The van der Waals surface area contributed by atoms with Crippen LogP contribution in [0.4, 0.5) is 0 Å². The van der Waals surface area contributed by atoms with Crippen LogP contribution in [0.5, 0.6) is 5.75 Å². The van der Waals surface area contributed by atoms with Crippen LogP contribution in [0.3, 0.4) is 0 Å². The molecule has 0 saturated heterocycles. The Bertz CT molecular complexity index is 527. The number of nitrogens with zero attached hydrogens (tertiary/aromatic N) is 1. The highest BCUT2D eigenvalue weighted by molar-refractivity contribution is 5.94. The van der Waals surface area contributed by atoms with E-state index in [9.17, 15) is 9.90 Å². The monoisotopic (exact) mass is 304 g/mol. The lowest BCUT2D eigenvalue weighted by Crippen LogP contribution is -2.38. The van der Waals surface area contributed by atoms with Crippen molar-refractivity contribution in [3.05, 3.63) is 29.8 Å². The van der Waals surface area contributed by atoms with E-state index in [0.717, 1.165) is 18.9 Å². The molecule has 22 heavy (non-hydrogen) atoms. The van der Waals surface area contributed by atoms with E-state index in [0.29, 0.717) is 24.7 Å². The van der Waals surface area contributed by atoms with E-state index in [4.69, 9.17) is 0 Å². The molecule has 0 spiro atoms. The maximum atomic E-state index is 11.9. The average Bonchev–Trinajstić information content (AvgIpc) is 3.31. The number of nitrogens with one attached hydrogen (secondary N) is 3. The second-order valence-corrected chi connectivity index (χ2v) is 5.34. The van der Waals surface area contributed by atoms with Crippen LogP contribution in [0.2, 0.25) is 0 Å². The molecule has 0 radical (unpaired) electrons. The van der Waals surface area contributed by atoms with Gasteiger partial charge in [-0.2, -0.15) is 0 Å². The summed E-state index contributed by atoms with van der Waals surface area (Å²) in [6.45, 7) is 4.09. The average molecular weight is 304 g/mol. The van der Waals surface area contributed by atoms with Gasteiger partial charge in [-0.05, 0) is 44.4 Å². The van der Waals surface area contributed by atoms with Gasteiger partial charge in [0.1, 0.15) is 5.75 Å². The number of phenols is 1. The van der Waals surface area contributed by atoms with Gasteiger partial charge in [0.25, 0.3) is 5.91 Å². The molecule has 6 nitrogen and oxygen atoms in total. The van der Waals surface area contributed by atoms with Crippen LogP contribution in [-0.2, 0) is 0 Å². The number of carbonyl (C=O) groups is 1. The first-order valence-corrected chi connectivity index (χ1v) is 7.81. The summed E-state index contributed by atoms with van der Waals surface area (Å²) in [5.41, 5.74) is 0.465. The topological polar surface area (TPSA) is 85.8 Å². The fourth-order valence-electron chi connectivity index (χ4n) is 1.96. The van der Waals surface area contributed by atoms with Gasteiger partial charge in [0.2, 0.25) is 0 Å². The lowest BCUT2D eigenvalue weighted by atomic mass is 10.2. The first-order valence-electron chi connectivity index (χ1n) is 7.81. The highest BCUT2D eigenvalue weighted by Gasteiger charge is 2.21. The Labute approximate surface area is 131 Å². The van der Waals surface area contributed by atoms with Gasteiger partial charge in [0, 0.05) is 31.2 Å². The number of phenolic OH excluding ortho intramolecular Hbond substituents is 1. The van der Waals surface area contributed by atoms with Crippen molar-refractivity contribution in [1.82, 2.24) is 16.0 Å². The Balaban J connectivity index is 1.68. The SMILES string of the molecule is CCNC(=NCCCNC(=O)c1cccc(O)c1)NC1CC1. The molecule has 4 N–H and O–H groups in total. The fourth-order valence-corrected chi connectivity index (χ4v) is 1.96. The molecule has 1 aromatic carbocycles. The molecule has 0 aliphatic heterocycles. The number of aromatic hydroxyl groups is 1. The maximum absolute atomic E-state index is 11.9. The lowest BCUT2D eigenvalue weighted by molar-refractivity contribution is 0.0953. The molecule has 6 heteroatoms. The quantitative estimate of drug-likeness (QED) is 0.347. The summed E-state index contributed by atoms with van der Waals surface area (Å²) >= 11 is 0. The molecule has 0 heterocycles. The zero-order valence-corrected chi connectivity index (χ0v) is 12.9. The largest absolute Gasteiger partial charge is 0.508 e. The van der Waals surface area contributed by atoms with Crippen molar-refractivity contribution < 1.29 is 9.90 Å².